The summed E-state index contributed by atoms with van der Waals surface area (Å²) in [6.07, 6.45) is 4.47. The maximum Gasteiger partial charge on any atom is 0.433 e. The summed E-state index contributed by atoms with van der Waals surface area (Å²) in [7, 11) is 0. The lowest BCUT2D eigenvalue weighted by Gasteiger charge is -2.49. The van der Waals surface area contributed by atoms with Gasteiger partial charge in [0.25, 0.3) is 0 Å². The summed E-state index contributed by atoms with van der Waals surface area (Å²) in [5.74, 6) is -0.585. The SMILES string of the molecule is C=CC(=O)CNC(=O)CC(C)(C)CC(C)(C)C(C)(C)CC(C)(CC)COC(=O)N=CC(=O)CC. The number of amides is 2. The number of aliphatic imine (C=N–C) groups is 1. The summed E-state index contributed by atoms with van der Waals surface area (Å²) < 4.78 is 5.38. The Morgan fingerprint density at radius 3 is 1.97 bits per heavy atom. The number of nitrogens with zero attached hydrogens (tertiary/aromatic N) is 1. The Bertz CT molecular complexity index is 780. The Labute approximate surface area is 206 Å². The molecule has 34 heavy (non-hydrogen) atoms. The largest absolute Gasteiger partial charge is 0.447 e. The van der Waals surface area contributed by atoms with Gasteiger partial charge >= 0.3 is 6.09 Å². The average Bonchev–Trinajstić information content (AvgIpc) is 2.72. The van der Waals surface area contributed by atoms with Crippen LogP contribution in [-0.4, -0.2) is 42.9 Å². The molecule has 0 heterocycles. The van der Waals surface area contributed by atoms with E-state index in [1.165, 1.54) is 6.08 Å². The van der Waals surface area contributed by atoms with Gasteiger partial charge in [-0.25, -0.2) is 4.79 Å². The Morgan fingerprint density at radius 2 is 1.47 bits per heavy atom. The summed E-state index contributed by atoms with van der Waals surface area (Å²) in [6, 6.07) is 0. The molecule has 0 spiro atoms. The van der Waals surface area contributed by atoms with Crippen LogP contribution in [-0.2, 0) is 19.1 Å². The van der Waals surface area contributed by atoms with Crippen molar-refractivity contribution in [2.24, 2.45) is 26.7 Å². The second-order valence-corrected chi connectivity index (χ2v) is 11.7. The van der Waals surface area contributed by atoms with E-state index >= 15 is 0 Å². The molecular formula is C27H46N2O5. The second kappa shape index (κ2) is 13.0. The number of rotatable bonds is 15. The molecule has 0 radical (unpaired) electrons. The predicted octanol–water partition coefficient (Wildman–Crippen LogP) is 5.71. The smallest absolute Gasteiger partial charge is 0.433 e. The first-order chi connectivity index (χ1) is 15.4. The molecule has 7 nitrogen and oxygen atoms in total. The van der Waals surface area contributed by atoms with Gasteiger partial charge in [-0.15, -0.1) is 0 Å². The maximum atomic E-state index is 12.4. The van der Waals surface area contributed by atoms with Crippen molar-refractivity contribution in [3.63, 3.8) is 0 Å². The van der Waals surface area contributed by atoms with Gasteiger partial charge in [0.2, 0.25) is 5.91 Å². The molecule has 0 aliphatic heterocycles. The van der Waals surface area contributed by atoms with Crippen molar-refractivity contribution in [1.82, 2.24) is 5.32 Å². The Hall–Kier alpha value is -2.31. The van der Waals surface area contributed by atoms with Gasteiger partial charge in [0, 0.05) is 18.3 Å². The quantitative estimate of drug-likeness (QED) is 0.240. The third kappa shape index (κ3) is 11.2. The van der Waals surface area contributed by atoms with Crippen molar-refractivity contribution < 1.29 is 23.9 Å². The van der Waals surface area contributed by atoms with Gasteiger partial charge in [-0.1, -0.05) is 68.9 Å². The molecule has 194 valence electrons. The zero-order valence-electron chi connectivity index (χ0n) is 22.8. The number of hydrogen-bond acceptors (Lipinski definition) is 5. The van der Waals surface area contributed by atoms with E-state index < -0.39 is 6.09 Å². The Balaban J connectivity index is 5.22. The fraction of sp³-hybridized carbons (Fsp3) is 0.741. The van der Waals surface area contributed by atoms with Crippen molar-refractivity contribution in [1.29, 1.82) is 0 Å². The van der Waals surface area contributed by atoms with Gasteiger partial charge in [-0.3, -0.25) is 14.4 Å². The van der Waals surface area contributed by atoms with Crippen molar-refractivity contribution in [2.45, 2.75) is 94.4 Å². The van der Waals surface area contributed by atoms with E-state index in [0.717, 1.165) is 25.5 Å². The second-order valence-electron chi connectivity index (χ2n) is 11.7. The molecule has 0 saturated heterocycles. The van der Waals surface area contributed by atoms with Crippen LogP contribution in [0.25, 0.3) is 0 Å². The van der Waals surface area contributed by atoms with Crippen LogP contribution in [0.3, 0.4) is 0 Å². The van der Waals surface area contributed by atoms with E-state index in [-0.39, 0.29) is 58.7 Å². The zero-order valence-corrected chi connectivity index (χ0v) is 22.8. The van der Waals surface area contributed by atoms with E-state index in [9.17, 15) is 19.2 Å². The molecule has 0 aromatic carbocycles. The van der Waals surface area contributed by atoms with Crippen LogP contribution in [0.15, 0.2) is 17.6 Å². The minimum Gasteiger partial charge on any atom is -0.447 e. The fourth-order valence-corrected chi connectivity index (χ4v) is 4.33. The summed E-state index contributed by atoms with van der Waals surface area (Å²) >= 11 is 0. The predicted molar refractivity (Wildman–Crippen MR) is 137 cm³/mol. The summed E-state index contributed by atoms with van der Waals surface area (Å²) in [5, 5.41) is 2.67. The molecular weight excluding hydrogens is 432 g/mol. The highest BCUT2D eigenvalue weighted by molar-refractivity contribution is 6.28. The Kier molecular flexibility index (Phi) is 12.1. The van der Waals surface area contributed by atoms with E-state index in [0.29, 0.717) is 6.42 Å². The molecule has 1 atom stereocenters. The highest BCUT2D eigenvalue weighted by atomic mass is 16.5. The molecule has 7 heteroatoms. The minimum absolute atomic E-state index is 0.0302. The summed E-state index contributed by atoms with van der Waals surface area (Å²) in [4.78, 5) is 50.6. The van der Waals surface area contributed by atoms with Crippen molar-refractivity contribution in [3.05, 3.63) is 12.7 Å². The molecule has 0 aromatic heterocycles. The lowest BCUT2D eigenvalue weighted by molar-refractivity contribution is -0.126. The molecule has 0 aromatic rings. The summed E-state index contributed by atoms with van der Waals surface area (Å²) in [6.45, 7) is 22.4. The number of carbonyl (C=O) groups is 4. The number of hydrogen-bond donors (Lipinski definition) is 1. The first-order valence-corrected chi connectivity index (χ1v) is 12.1. The van der Waals surface area contributed by atoms with Gasteiger partial charge in [0.1, 0.15) is 0 Å². The Morgan fingerprint density at radius 1 is 0.912 bits per heavy atom. The normalized spacial score (nSPS) is 14.4. The average molecular weight is 479 g/mol. The lowest BCUT2D eigenvalue weighted by atomic mass is 9.56. The van der Waals surface area contributed by atoms with Gasteiger partial charge in [-0.05, 0) is 41.6 Å². The highest BCUT2D eigenvalue weighted by Crippen LogP contribution is 2.53. The maximum absolute atomic E-state index is 12.4. The number of ketones is 2. The molecule has 0 aliphatic carbocycles. The van der Waals surface area contributed by atoms with Gasteiger partial charge in [0.15, 0.2) is 11.6 Å². The first-order valence-electron chi connectivity index (χ1n) is 12.1. The van der Waals surface area contributed by atoms with Crippen LogP contribution >= 0.6 is 0 Å². The van der Waals surface area contributed by atoms with Crippen molar-refractivity contribution >= 4 is 29.8 Å². The van der Waals surface area contributed by atoms with E-state index in [1.807, 2.05) is 0 Å². The molecule has 0 rings (SSSR count). The van der Waals surface area contributed by atoms with Crippen molar-refractivity contribution in [3.8, 4) is 0 Å². The molecule has 0 fully saturated rings. The van der Waals surface area contributed by atoms with E-state index in [1.54, 1.807) is 6.92 Å². The monoisotopic (exact) mass is 478 g/mol. The number of Topliss-reactive ketones (excluding diaryl/α,β-unsaturated/α-hetero) is 1. The molecule has 1 N–H and O–H groups in total. The van der Waals surface area contributed by atoms with E-state index in [4.69, 9.17) is 4.74 Å². The van der Waals surface area contributed by atoms with Gasteiger partial charge < -0.3 is 10.1 Å². The van der Waals surface area contributed by atoms with Crippen LogP contribution in [0.1, 0.15) is 94.4 Å². The molecule has 1 unspecified atom stereocenters. The molecule has 0 bridgehead atoms. The molecule has 2 amide bonds. The zero-order chi connectivity index (χ0) is 26.8. The van der Waals surface area contributed by atoms with Crippen LogP contribution in [0.4, 0.5) is 4.79 Å². The van der Waals surface area contributed by atoms with E-state index in [2.05, 4.69) is 72.3 Å². The third-order valence-corrected chi connectivity index (χ3v) is 7.01. The molecule has 0 saturated carbocycles. The van der Waals surface area contributed by atoms with Gasteiger partial charge in [0.05, 0.1) is 19.4 Å². The number of ether oxygens (including phenoxy) is 1. The minimum atomic E-state index is -0.749. The topological polar surface area (TPSA) is 102 Å². The third-order valence-electron chi connectivity index (χ3n) is 7.01. The number of carbonyl (C=O) groups excluding carboxylic acids is 4. The van der Waals surface area contributed by atoms with Crippen LogP contribution in [0.2, 0.25) is 0 Å². The number of nitrogens with one attached hydrogen (secondary N) is 1. The fourth-order valence-electron chi connectivity index (χ4n) is 4.33. The lowest BCUT2D eigenvalue weighted by Crippen LogP contribution is -2.42. The van der Waals surface area contributed by atoms with Crippen LogP contribution in [0, 0.1) is 21.7 Å². The van der Waals surface area contributed by atoms with Gasteiger partial charge in [-0.2, -0.15) is 4.99 Å². The molecule has 0 aliphatic rings. The highest BCUT2D eigenvalue weighted by Gasteiger charge is 2.45. The van der Waals surface area contributed by atoms with Crippen LogP contribution < -0.4 is 5.32 Å². The standard InChI is InChI=1S/C27H46N2O5/c1-11-20(30)15-28-22(32)14-24(4,5)17-25(6,7)26(8,9)18-27(10,13-3)19-34-23(33)29-16-21(31)12-2/h11,16H,1,12-15,17-19H2,2-10H3,(H,28,32). The summed E-state index contributed by atoms with van der Waals surface area (Å²) in [5.41, 5.74) is -0.830. The van der Waals surface area contributed by atoms with Crippen molar-refractivity contribution in [2.75, 3.05) is 13.2 Å². The first kappa shape index (κ1) is 31.7. The van der Waals surface area contributed by atoms with Crippen LogP contribution in [0.5, 0.6) is 0 Å².